The highest BCUT2D eigenvalue weighted by molar-refractivity contribution is 7.10. The molecule has 32 heavy (non-hydrogen) atoms. The Balaban J connectivity index is 1.40. The first-order valence-electron chi connectivity index (χ1n) is 11.0. The van der Waals surface area contributed by atoms with Crippen molar-refractivity contribution in [1.82, 2.24) is 28.6 Å². The van der Waals surface area contributed by atoms with Crippen LogP contribution in [-0.2, 0) is 17.7 Å². The number of nitrogens with zero attached hydrogens (tertiary/aromatic N) is 5. The zero-order valence-electron chi connectivity index (χ0n) is 19.0. The molecule has 1 aliphatic rings. The van der Waals surface area contributed by atoms with E-state index in [1.54, 1.807) is 0 Å². The fourth-order valence-corrected chi connectivity index (χ4v) is 4.80. The van der Waals surface area contributed by atoms with Crippen molar-refractivity contribution < 1.29 is 4.74 Å². The number of ether oxygens (including phenoxy) is 1. The lowest BCUT2D eigenvalue weighted by Crippen LogP contribution is -2.52. The van der Waals surface area contributed by atoms with Crippen molar-refractivity contribution >= 4 is 28.0 Å². The van der Waals surface area contributed by atoms with Crippen LogP contribution >= 0.6 is 11.5 Å². The number of hydrogen-bond acceptors (Lipinski definition) is 7. The van der Waals surface area contributed by atoms with Gasteiger partial charge in [0.25, 0.3) is 0 Å². The summed E-state index contributed by atoms with van der Waals surface area (Å²) in [5.74, 6) is 0.740. The van der Waals surface area contributed by atoms with Crippen LogP contribution in [0.1, 0.15) is 37.9 Å². The van der Waals surface area contributed by atoms with Gasteiger partial charge in [-0.2, -0.15) is 4.37 Å². The van der Waals surface area contributed by atoms with Crippen LogP contribution in [0, 0.1) is 6.92 Å². The fourth-order valence-electron chi connectivity index (χ4n) is 4.14. The summed E-state index contributed by atoms with van der Waals surface area (Å²) in [6.45, 7) is 11.8. The molecule has 0 spiro atoms. The van der Waals surface area contributed by atoms with Crippen molar-refractivity contribution in [3.63, 3.8) is 0 Å². The Bertz CT molecular complexity index is 1240. The number of rotatable bonds is 6. The summed E-state index contributed by atoms with van der Waals surface area (Å²) in [5, 5.41) is 4.42. The molecule has 1 saturated heterocycles. The molecule has 0 aromatic carbocycles. The summed E-state index contributed by atoms with van der Waals surface area (Å²) in [4.78, 5) is 15.2. The maximum absolute atomic E-state index is 5.64. The zero-order chi connectivity index (χ0) is 22.3. The van der Waals surface area contributed by atoms with Gasteiger partial charge in [-0.15, -0.1) is 0 Å². The lowest BCUT2D eigenvalue weighted by atomic mass is 10.0. The Morgan fingerprint density at radius 2 is 2.19 bits per heavy atom. The van der Waals surface area contributed by atoms with Crippen LogP contribution in [0.3, 0.4) is 0 Å². The highest BCUT2D eigenvalue weighted by atomic mass is 32.1. The average Bonchev–Trinajstić information content (AvgIpc) is 3.49. The van der Waals surface area contributed by atoms with Gasteiger partial charge in [-0.1, -0.05) is 6.92 Å². The Morgan fingerprint density at radius 3 is 2.97 bits per heavy atom. The van der Waals surface area contributed by atoms with E-state index in [0.717, 1.165) is 71.8 Å². The minimum atomic E-state index is 0.0157. The third-order valence-electron chi connectivity index (χ3n) is 6.00. The molecule has 9 heteroatoms. The van der Waals surface area contributed by atoms with Crippen molar-refractivity contribution in [1.29, 1.82) is 0 Å². The van der Waals surface area contributed by atoms with E-state index in [1.807, 2.05) is 25.5 Å². The normalized spacial score (nSPS) is 16.6. The molecule has 0 saturated carbocycles. The van der Waals surface area contributed by atoms with Crippen molar-refractivity contribution in [3.05, 3.63) is 47.8 Å². The molecule has 0 aliphatic carbocycles. The number of anilines is 2. The second kappa shape index (κ2) is 8.31. The van der Waals surface area contributed by atoms with Gasteiger partial charge in [0.2, 0.25) is 0 Å². The maximum atomic E-state index is 5.64. The first kappa shape index (κ1) is 21.1. The summed E-state index contributed by atoms with van der Waals surface area (Å²) in [6, 6.07) is 4.29. The number of imidazole rings is 1. The fraction of sp³-hybridized carbons (Fsp3) is 0.435. The van der Waals surface area contributed by atoms with Gasteiger partial charge in [-0.3, -0.25) is 9.30 Å². The van der Waals surface area contributed by atoms with Gasteiger partial charge in [-0.25, -0.2) is 9.97 Å². The van der Waals surface area contributed by atoms with E-state index in [4.69, 9.17) is 9.72 Å². The predicted molar refractivity (Wildman–Crippen MR) is 128 cm³/mol. The SMILES string of the molecule is CCc1cc(-c2cnc3c(Nc4cc(CN5CCOCC5(C)C)ns4)nc(C)cn23)c[nH]1. The smallest absolute Gasteiger partial charge is 0.180 e. The highest BCUT2D eigenvalue weighted by Gasteiger charge is 2.30. The van der Waals surface area contributed by atoms with E-state index in [0.29, 0.717) is 0 Å². The van der Waals surface area contributed by atoms with Crippen LogP contribution in [0.4, 0.5) is 10.8 Å². The minimum absolute atomic E-state index is 0.0157. The summed E-state index contributed by atoms with van der Waals surface area (Å²) in [5.41, 5.74) is 6.17. The minimum Gasteiger partial charge on any atom is -0.378 e. The van der Waals surface area contributed by atoms with E-state index in [1.165, 1.54) is 17.2 Å². The molecule has 5 rings (SSSR count). The number of H-pyrrole nitrogens is 1. The molecule has 8 nitrogen and oxygen atoms in total. The number of fused-ring (bicyclic) bond motifs is 1. The van der Waals surface area contributed by atoms with Gasteiger partial charge in [0.15, 0.2) is 11.5 Å². The number of aromatic nitrogens is 5. The molecule has 0 unspecified atom stereocenters. The van der Waals surface area contributed by atoms with Crippen LogP contribution in [0.15, 0.2) is 30.7 Å². The van der Waals surface area contributed by atoms with Crippen LogP contribution in [0.2, 0.25) is 0 Å². The number of aromatic amines is 1. The standard InChI is InChI=1S/C23H29N7OS/c1-5-17-8-16(10-24-17)19-11-25-22-21(26-15(2)12-30(19)22)27-20-9-18(28-32-20)13-29-6-7-31-14-23(29,3)4/h8-12,24H,5-7,13-14H2,1-4H3,(H,26,27). The van der Waals surface area contributed by atoms with E-state index < -0.39 is 0 Å². The van der Waals surface area contributed by atoms with Crippen molar-refractivity contribution in [3.8, 4) is 11.3 Å². The molecule has 0 radical (unpaired) electrons. The van der Waals surface area contributed by atoms with E-state index in [2.05, 4.69) is 61.9 Å². The summed E-state index contributed by atoms with van der Waals surface area (Å²) < 4.78 is 12.4. The van der Waals surface area contributed by atoms with Crippen molar-refractivity contribution in [2.75, 3.05) is 25.1 Å². The molecule has 1 fully saturated rings. The quantitative estimate of drug-likeness (QED) is 0.452. The number of nitrogens with one attached hydrogen (secondary N) is 2. The summed E-state index contributed by atoms with van der Waals surface area (Å²) in [6.07, 6.45) is 6.94. The van der Waals surface area contributed by atoms with Gasteiger partial charge in [0, 0.05) is 42.3 Å². The number of aryl methyl sites for hydroxylation is 2. The lowest BCUT2D eigenvalue weighted by Gasteiger charge is -2.41. The molecule has 0 bridgehead atoms. The van der Waals surface area contributed by atoms with Crippen LogP contribution < -0.4 is 5.32 Å². The lowest BCUT2D eigenvalue weighted by molar-refractivity contribution is -0.0556. The van der Waals surface area contributed by atoms with Crippen molar-refractivity contribution in [2.45, 2.75) is 46.2 Å². The van der Waals surface area contributed by atoms with E-state index in [9.17, 15) is 0 Å². The van der Waals surface area contributed by atoms with Gasteiger partial charge < -0.3 is 15.0 Å². The summed E-state index contributed by atoms with van der Waals surface area (Å²) >= 11 is 1.46. The first-order valence-corrected chi connectivity index (χ1v) is 11.8. The molecule has 4 aromatic heterocycles. The molecule has 168 valence electrons. The van der Waals surface area contributed by atoms with E-state index >= 15 is 0 Å². The van der Waals surface area contributed by atoms with Gasteiger partial charge in [-0.05, 0) is 50.9 Å². The van der Waals surface area contributed by atoms with Crippen LogP contribution in [-0.4, -0.2) is 53.9 Å². The van der Waals surface area contributed by atoms with Crippen LogP contribution in [0.25, 0.3) is 16.9 Å². The topological polar surface area (TPSA) is 83.4 Å². The largest absolute Gasteiger partial charge is 0.378 e. The Morgan fingerprint density at radius 1 is 1.31 bits per heavy atom. The molecule has 0 atom stereocenters. The Hall–Kier alpha value is -2.75. The third kappa shape index (κ3) is 4.03. The molecule has 1 aliphatic heterocycles. The summed E-state index contributed by atoms with van der Waals surface area (Å²) in [7, 11) is 0. The number of hydrogen-bond donors (Lipinski definition) is 2. The average molecular weight is 452 g/mol. The molecule has 2 N–H and O–H groups in total. The highest BCUT2D eigenvalue weighted by Crippen LogP contribution is 2.29. The maximum Gasteiger partial charge on any atom is 0.180 e. The molecular formula is C23H29N7OS. The van der Waals surface area contributed by atoms with Crippen LogP contribution in [0.5, 0.6) is 0 Å². The molecule has 0 amide bonds. The molecule has 4 aromatic rings. The third-order valence-corrected chi connectivity index (χ3v) is 6.74. The van der Waals surface area contributed by atoms with Gasteiger partial charge in [0.1, 0.15) is 5.00 Å². The van der Waals surface area contributed by atoms with Gasteiger partial charge in [0.05, 0.1) is 36.5 Å². The first-order chi connectivity index (χ1) is 15.4. The van der Waals surface area contributed by atoms with Crippen molar-refractivity contribution in [2.24, 2.45) is 0 Å². The predicted octanol–water partition coefficient (Wildman–Crippen LogP) is 4.41. The van der Waals surface area contributed by atoms with Gasteiger partial charge >= 0.3 is 0 Å². The van der Waals surface area contributed by atoms with E-state index in [-0.39, 0.29) is 5.54 Å². The monoisotopic (exact) mass is 451 g/mol. The molecule has 5 heterocycles. The zero-order valence-corrected chi connectivity index (χ0v) is 19.8. The second-order valence-corrected chi connectivity index (χ2v) is 9.73. The number of morpholine rings is 1. The Labute approximate surface area is 191 Å². The molecular weight excluding hydrogens is 422 g/mol. The second-order valence-electron chi connectivity index (χ2n) is 8.93. The Kier molecular flexibility index (Phi) is 5.48.